The number of rotatable bonds is 9. The van der Waals surface area contributed by atoms with Crippen LogP contribution in [0.2, 0.25) is 0 Å². The SMILES string of the molecule is CCOC(=O)[C@]12CCCC=C1N(Cc1ccc(OC)cc1)C(=O)[C@@H]2CC(=O)NCc1cccc(C(F)(F)F)c1. The van der Waals surface area contributed by atoms with Crippen LogP contribution in [0.5, 0.6) is 5.75 Å². The van der Waals surface area contributed by atoms with Crippen LogP contribution in [0.1, 0.15) is 49.3 Å². The number of hydrogen-bond donors (Lipinski definition) is 1. The fourth-order valence-corrected chi connectivity index (χ4v) is 5.41. The van der Waals surface area contributed by atoms with Gasteiger partial charge in [0.05, 0.1) is 31.7 Å². The Morgan fingerprint density at radius 1 is 1.13 bits per heavy atom. The van der Waals surface area contributed by atoms with Crippen molar-refractivity contribution < 1.29 is 37.0 Å². The summed E-state index contributed by atoms with van der Waals surface area (Å²) in [5.41, 5.74) is -0.472. The fourth-order valence-electron chi connectivity index (χ4n) is 5.41. The molecule has 39 heavy (non-hydrogen) atoms. The van der Waals surface area contributed by atoms with E-state index in [1.807, 2.05) is 18.2 Å². The van der Waals surface area contributed by atoms with E-state index >= 15 is 0 Å². The van der Waals surface area contributed by atoms with Crippen LogP contribution in [0, 0.1) is 11.3 Å². The molecule has 7 nitrogen and oxygen atoms in total. The highest BCUT2D eigenvalue weighted by Gasteiger charge is 2.62. The van der Waals surface area contributed by atoms with Crippen LogP contribution in [0.3, 0.4) is 0 Å². The Morgan fingerprint density at radius 2 is 1.87 bits per heavy atom. The molecule has 0 radical (unpaired) electrons. The van der Waals surface area contributed by atoms with Gasteiger partial charge >= 0.3 is 12.1 Å². The maximum absolute atomic E-state index is 13.8. The van der Waals surface area contributed by atoms with Gasteiger partial charge in [0.1, 0.15) is 11.2 Å². The minimum Gasteiger partial charge on any atom is -0.497 e. The van der Waals surface area contributed by atoms with Crippen molar-refractivity contribution in [3.63, 3.8) is 0 Å². The zero-order valence-electron chi connectivity index (χ0n) is 21.8. The molecule has 2 aliphatic rings. The van der Waals surface area contributed by atoms with Gasteiger partial charge in [0.2, 0.25) is 11.8 Å². The summed E-state index contributed by atoms with van der Waals surface area (Å²) >= 11 is 0. The van der Waals surface area contributed by atoms with Crippen molar-refractivity contribution in [3.05, 3.63) is 77.0 Å². The lowest BCUT2D eigenvalue weighted by molar-refractivity contribution is -0.158. The van der Waals surface area contributed by atoms with Crippen LogP contribution < -0.4 is 10.1 Å². The molecule has 2 aromatic carbocycles. The van der Waals surface area contributed by atoms with Gasteiger partial charge in [-0.05, 0) is 61.6 Å². The molecule has 1 fully saturated rings. The standard InChI is InChI=1S/C29H31F3N2O5/c1-3-39-27(37)28-14-5-4-9-24(28)34(18-19-10-12-22(38-2)13-11-19)26(36)23(28)16-25(35)33-17-20-7-6-8-21(15-20)29(30,31)32/h6-13,15,23H,3-5,14,16-18H2,1-2H3,(H,33,35)/t23-,28-/m0/s1. The smallest absolute Gasteiger partial charge is 0.416 e. The highest BCUT2D eigenvalue weighted by molar-refractivity contribution is 5.99. The zero-order chi connectivity index (χ0) is 28.2. The van der Waals surface area contributed by atoms with Crippen LogP contribution in [0.25, 0.3) is 0 Å². The Hall–Kier alpha value is -3.82. The summed E-state index contributed by atoms with van der Waals surface area (Å²) in [5.74, 6) is -1.77. The summed E-state index contributed by atoms with van der Waals surface area (Å²) in [4.78, 5) is 41.9. The van der Waals surface area contributed by atoms with E-state index in [2.05, 4.69) is 5.32 Å². The van der Waals surface area contributed by atoms with E-state index in [-0.39, 0.29) is 37.6 Å². The largest absolute Gasteiger partial charge is 0.497 e. The first-order chi connectivity index (χ1) is 18.6. The summed E-state index contributed by atoms with van der Waals surface area (Å²) < 4.78 is 49.8. The molecule has 1 aliphatic heterocycles. The zero-order valence-corrected chi connectivity index (χ0v) is 21.8. The summed E-state index contributed by atoms with van der Waals surface area (Å²) in [7, 11) is 1.56. The number of benzene rings is 2. The van der Waals surface area contributed by atoms with Gasteiger partial charge in [0, 0.05) is 18.7 Å². The molecule has 1 heterocycles. The molecule has 208 valence electrons. The van der Waals surface area contributed by atoms with Gasteiger partial charge in [-0.2, -0.15) is 13.2 Å². The number of carbonyl (C=O) groups is 3. The molecule has 2 aromatic rings. The number of allylic oxidation sites excluding steroid dienone is 1. The molecule has 0 unspecified atom stereocenters. The number of nitrogens with one attached hydrogen (secondary N) is 1. The minimum absolute atomic E-state index is 0.120. The first-order valence-corrected chi connectivity index (χ1v) is 12.8. The van der Waals surface area contributed by atoms with E-state index in [1.165, 1.54) is 12.1 Å². The van der Waals surface area contributed by atoms with Crippen LogP contribution >= 0.6 is 0 Å². The van der Waals surface area contributed by atoms with Gasteiger partial charge in [-0.1, -0.05) is 30.3 Å². The van der Waals surface area contributed by atoms with Crippen molar-refractivity contribution in [2.24, 2.45) is 11.3 Å². The number of fused-ring (bicyclic) bond motifs is 1. The van der Waals surface area contributed by atoms with Gasteiger partial charge in [-0.25, -0.2) is 0 Å². The van der Waals surface area contributed by atoms with Gasteiger partial charge in [0.15, 0.2) is 0 Å². The van der Waals surface area contributed by atoms with E-state index < -0.39 is 34.9 Å². The number of hydrogen-bond acceptors (Lipinski definition) is 5. The third kappa shape index (κ3) is 5.79. The second-order valence-electron chi connectivity index (χ2n) is 9.68. The van der Waals surface area contributed by atoms with Crippen LogP contribution in [0.15, 0.2) is 60.3 Å². The Bertz CT molecular complexity index is 1260. The quantitative estimate of drug-likeness (QED) is 0.450. The molecule has 1 N–H and O–H groups in total. The minimum atomic E-state index is -4.50. The first-order valence-electron chi connectivity index (χ1n) is 12.8. The molecule has 0 spiro atoms. The third-order valence-electron chi connectivity index (χ3n) is 7.29. The molecular formula is C29H31F3N2O5. The maximum Gasteiger partial charge on any atom is 0.416 e. The van der Waals surface area contributed by atoms with Crippen molar-refractivity contribution in [2.75, 3.05) is 13.7 Å². The number of ether oxygens (including phenoxy) is 2. The average molecular weight is 545 g/mol. The van der Waals surface area contributed by atoms with Gasteiger partial charge in [-0.15, -0.1) is 0 Å². The van der Waals surface area contributed by atoms with E-state index in [0.717, 1.165) is 17.7 Å². The average Bonchev–Trinajstić information content (AvgIpc) is 3.16. The van der Waals surface area contributed by atoms with Crippen molar-refractivity contribution in [3.8, 4) is 5.75 Å². The molecule has 2 amide bonds. The monoisotopic (exact) mass is 544 g/mol. The third-order valence-corrected chi connectivity index (χ3v) is 7.29. The summed E-state index contributed by atoms with van der Waals surface area (Å²) in [6, 6.07) is 11.9. The molecule has 4 rings (SSSR count). The molecule has 0 saturated carbocycles. The molecule has 2 atom stereocenters. The highest BCUT2D eigenvalue weighted by Crippen LogP contribution is 2.54. The molecule has 1 aliphatic carbocycles. The Morgan fingerprint density at radius 3 is 2.54 bits per heavy atom. The number of nitrogens with zero attached hydrogens (tertiary/aromatic N) is 1. The number of likely N-dealkylation sites (tertiary alicyclic amines) is 1. The summed E-state index contributed by atoms with van der Waals surface area (Å²) in [5, 5.41) is 2.62. The van der Waals surface area contributed by atoms with Crippen molar-refractivity contribution in [1.29, 1.82) is 0 Å². The maximum atomic E-state index is 13.8. The lowest BCUT2D eigenvalue weighted by Gasteiger charge is -2.35. The van der Waals surface area contributed by atoms with E-state index in [9.17, 15) is 27.6 Å². The van der Waals surface area contributed by atoms with Gasteiger partial charge < -0.3 is 19.7 Å². The van der Waals surface area contributed by atoms with Crippen LogP contribution in [-0.4, -0.2) is 36.4 Å². The topological polar surface area (TPSA) is 84.9 Å². The number of esters is 1. The lowest BCUT2D eigenvalue weighted by atomic mass is 9.68. The number of halogens is 3. The van der Waals surface area contributed by atoms with Gasteiger partial charge in [-0.3, -0.25) is 14.4 Å². The van der Waals surface area contributed by atoms with Crippen LogP contribution in [0.4, 0.5) is 13.2 Å². The number of carbonyl (C=O) groups excluding carboxylic acids is 3. The van der Waals surface area contributed by atoms with Crippen LogP contribution in [-0.2, 0) is 38.4 Å². The van der Waals surface area contributed by atoms with E-state index in [4.69, 9.17) is 9.47 Å². The van der Waals surface area contributed by atoms with Crippen molar-refractivity contribution >= 4 is 17.8 Å². The van der Waals surface area contributed by atoms with Crippen molar-refractivity contribution in [1.82, 2.24) is 10.2 Å². The van der Waals surface area contributed by atoms with Crippen molar-refractivity contribution in [2.45, 2.75) is 51.9 Å². The molecular weight excluding hydrogens is 513 g/mol. The predicted octanol–water partition coefficient (Wildman–Crippen LogP) is 5.00. The molecule has 10 heteroatoms. The molecule has 0 aromatic heterocycles. The molecule has 0 bridgehead atoms. The Kier molecular flexibility index (Phi) is 8.32. The first kappa shape index (κ1) is 28.2. The normalized spacial score (nSPS) is 20.7. The number of amides is 2. The fraction of sp³-hybridized carbons (Fsp3) is 0.414. The Labute approximate surface area is 225 Å². The van der Waals surface area contributed by atoms with Gasteiger partial charge in [0.25, 0.3) is 0 Å². The lowest BCUT2D eigenvalue weighted by Crippen LogP contribution is -2.43. The highest BCUT2D eigenvalue weighted by atomic mass is 19.4. The predicted molar refractivity (Wildman–Crippen MR) is 136 cm³/mol. The second kappa shape index (κ2) is 11.5. The summed E-state index contributed by atoms with van der Waals surface area (Å²) in [6.07, 6.45) is -1.24. The summed E-state index contributed by atoms with van der Waals surface area (Å²) in [6.45, 7) is 1.87. The van der Waals surface area contributed by atoms with E-state index in [1.54, 1.807) is 31.1 Å². The van der Waals surface area contributed by atoms with E-state index in [0.29, 0.717) is 30.7 Å². The number of alkyl halides is 3. The Balaban J connectivity index is 1.58. The number of methoxy groups -OCH3 is 1. The second-order valence-corrected chi connectivity index (χ2v) is 9.68. The molecule has 1 saturated heterocycles.